The fraction of sp³-hybridized carbons (Fsp3) is 0.412. The minimum absolute atomic E-state index is 0.167. The molecule has 0 spiro atoms. The molecule has 0 bridgehead atoms. The van der Waals surface area contributed by atoms with E-state index in [1.165, 1.54) is 4.68 Å². The Morgan fingerprint density at radius 1 is 1.29 bits per heavy atom. The van der Waals surface area contributed by atoms with Crippen LogP contribution in [0.1, 0.15) is 20.3 Å². The second-order valence-electron chi connectivity index (χ2n) is 6.11. The van der Waals surface area contributed by atoms with Crippen LogP contribution in [0.3, 0.4) is 0 Å². The van der Waals surface area contributed by atoms with Gasteiger partial charge in [0.2, 0.25) is 0 Å². The maximum Gasteiger partial charge on any atom is 0.292 e. The molecule has 128 valence electrons. The highest BCUT2D eigenvalue weighted by Gasteiger charge is 2.31. The molecule has 0 amide bonds. The van der Waals surface area contributed by atoms with E-state index in [-0.39, 0.29) is 16.2 Å². The molecule has 1 aromatic carbocycles. The summed E-state index contributed by atoms with van der Waals surface area (Å²) >= 11 is 12.3. The first-order valence-electron chi connectivity index (χ1n) is 7.86. The third-order valence-electron chi connectivity index (χ3n) is 4.40. The van der Waals surface area contributed by atoms with Crippen LogP contribution in [-0.4, -0.2) is 35.1 Å². The smallest absolute Gasteiger partial charge is 0.292 e. The Kier molecular flexibility index (Phi) is 4.85. The van der Waals surface area contributed by atoms with Crippen LogP contribution in [0.2, 0.25) is 10.0 Å². The number of morpholine rings is 1. The summed E-state index contributed by atoms with van der Waals surface area (Å²) < 4.78 is 7.12. The van der Waals surface area contributed by atoms with Crippen molar-refractivity contribution < 1.29 is 4.74 Å². The molecule has 7 heteroatoms. The molecule has 2 aromatic rings. The van der Waals surface area contributed by atoms with Gasteiger partial charge in [0.15, 0.2) is 0 Å². The van der Waals surface area contributed by atoms with Crippen LogP contribution < -0.4 is 10.5 Å². The Hall–Kier alpha value is -1.56. The van der Waals surface area contributed by atoms with Gasteiger partial charge in [0.25, 0.3) is 5.56 Å². The summed E-state index contributed by atoms with van der Waals surface area (Å²) in [5, 5.41) is 5.05. The molecule has 1 unspecified atom stereocenters. The summed E-state index contributed by atoms with van der Waals surface area (Å²) in [6.07, 6.45) is 2.52. The third-order valence-corrected chi connectivity index (χ3v) is 5.00. The van der Waals surface area contributed by atoms with Crippen molar-refractivity contribution in [2.24, 2.45) is 0 Å². The molecule has 1 aliphatic heterocycles. The van der Waals surface area contributed by atoms with Crippen molar-refractivity contribution in [2.75, 3.05) is 24.6 Å². The molecule has 0 radical (unpaired) electrons. The van der Waals surface area contributed by atoms with Gasteiger partial charge in [-0.05, 0) is 37.6 Å². The number of hydrogen-bond acceptors (Lipinski definition) is 4. The Morgan fingerprint density at radius 2 is 2.00 bits per heavy atom. The molecule has 0 aliphatic carbocycles. The van der Waals surface area contributed by atoms with Gasteiger partial charge in [-0.25, -0.2) is 0 Å². The zero-order chi connectivity index (χ0) is 17.3. The zero-order valence-corrected chi connectivity index (χ0v) is 15.1. The number of aromatic nitrogens is 2. The summed E-state index contributed by atoms with van der Waals surface area (Å²) in [6.45, 7) is 6.11. The largest absolute Gasteiger partial charge is 0.372 e. The van der Waals surface area contributed by atoms with E-state index in [2.05, 4.69) is 23.8 Å². The lowest BCUT2D eigenvalue weighted by Crippen LogP contribution is -2.50. The molecular weight excluding hydrogens is 349 g/mol. The lowest BCUT2D eigenvalue weighted by molar-refractivity contribution is -0.0441. The molecule has 1 atom stereocenters. The van der Waals surface area contributed by atoms with Crippen molar-refractivity contribution in [3.8, 4) is 5.69 Å². The van der Waals surface area contributed by atoms with E-state index < -0.39 is 0 Å². The SMILES string of the molecule is CCC1(C)CN(c2cnn(-c3ccc(Cl)cc3)c(=O)c2Cl)CCO1. The average Bonchev–Trinajstić information content (AvgIpc) is 2.58. The van der Waals surface area contributed by atoms with Crippen molar-refractivity contribution in [2.45, 2.75) is 25.9 Å². The van der Waals surface area contributed by atoms with E-state index in [4.69, 9.17) is 27.9 Å². The van der Waals surface area contributed by atoms with Crippen molar-refractivity contribution >= 4 is 28.9 Å². The van der Waals surface area contributed by atoms with Gasteiger partial charge in [0, 0.05) is 18.1 Å². The van der Waals surface area contributed by atoms with Crippen molar-refractivity contribution in [1.82, 2.24) is 9.78 Å². The first-order chi connectivity index (χ1) is 11.4. The summed E-state index contributed by atoms with van der Waals surface area (Å²) in [5.41, 5.74) is 0.682. The number of ether oxygens (including phenoxy) is 1. The highest BCUT2D eigenvalue weighted by Crippen LogP contribution is 2.28. The van der Waals surface area contributed by atoms with Crippen LogP contribution in [-0.2, 0) is 4.74 Å². The molecule has 1 saturated heterocycles. The standard InChI is InChI=1S/C17H19Cl2N3O2/c1-3-17(2)11-21(8-9-24-17)14-10-20-22(16(23)15(14)19)13-6-4-12(18)5-7-13/h4-7,10H,3,8-9,11H2,1-2H3. The van der Waals surface area contributed by atoms with Gasteiger partial charge in [0.1, 0.15) is 5.02 Å². The second kappa shape index (κ2) is 6.75. The summed E-state index contributed by atoms with van der Waals surface area (Å²) in [6, 6.07) is 6.88. The quantitative estimate of drug-likeness (QED) is 0.832. The predicted molar refractivity (Wildman–Crippen MR) is 96.7 cm³/mol. The number of hydrogen-bond donors (Lipinski definition) is 0. The van der Waals surface area contributed by atoms with Gasteiger partial charge >= 0.3 is 0 Å². The van der Waals surface area contributed by atoms with E-state index >= 15 is 0 Å². The minimum Gasteiger partial charge on any atom is -0.372 e. The molecule has 24 heavy (non-hydrogen) atoms. The van der Waals surface area contributed by atoms with Crippen LogP contribution in [0.5, 0.6) is 0 Å². The van der Waals surface area contributed by atoms with Gasteiger partial charge in [-0.15, -0.1) is 0 Å². The van der Waals surface area contributed by atoms with E-state index in [1.54, 1.807) is 30.5 Å². The number of nitrogens with zero attached hydrogens (tertiary/aromatic N) is 3. The fourth-order valence-corrected chi connectivity index (χ4v) is 3.14. The van der Waals surface area contributed by atoms with Crippen molar-refractivity contribution in [3.63, 3.8) is 0 Å². The summed E-state index contributed by atoms with van der Waals surface area (Å²) in [5.74, 6) is 0. The van der Waals surface area contributed by atoms with Gasteiger partial charge in [-0.1, -0.05) is 30.1 Å². The fourth-order valence-electron chi connectivity index (χ4n) is 2.76. The van der Waals surface area contributed by atoms with Crippen LogP contribution in [0.15, 0.2) is 35.3 Å². The lowest BCUT2D eigenvalue weighted by Gasteiger charge is -2.41. The van der Waals surface area contributed by atoms with E-state index in [9.17, 15) is 4.79 Å². The van der Waals surface area contributed by atoms with E-state index in [0.29, 0.717) is 36.1 Å². The number of halogens is 2. The second-order valence-corrected chi connectivity index (χ2v) is 6.93. The lowest BCUT2D eigenvalue weighted by atomic mass is 10.0. The molecule has 0 saturated carbocycles. The van der Waals surface area contributed by atoms with Crippen molar-refractivity contribution in [3.05, 3.63) is 50.9 Å². The van der Waals surface area contributed by atoms with E-state index in [1.807, 2.05) is 0 Å². The Bertz CT molecular complexity index is 791. The van der Waals surface area contributed by atoms with Gasteiger partial charge < -0.3 is 9.64 Å². The minimum atomic E-state index is -0.346. The number of rotatable bonds is 3. The third kappa shape index (κ3) is 3.29. The molecule has 1 fully saturated rings. The molecule has 1 aromatic heterocycles. The Labute approximate surface area is 150 Å². The number of benzene rings is 1. The summed E-state index contributed by atoms with van der Waals surface area (Å²) in [4.78, 5) is 14.7. The molecule has 2 heterocycles. The first-order valence-corrected chi connectivity index (χ1v) is 8.62. The Morgan fingerprint density at radius 3 is 2.67 bits per heavy atom. The monoisotopic (exact) mass is 367 g/mol. The van der Waals surface area contributed by atoms with Gasteiger partial charge in [-0.2, -0.15) is 9.78 Å². The Balaban J connectivity index is 1.96. The molecule has 0 N–H and O–H groups in total. The molecule has 1 aliphatic rings. The van der Waals surface area contributed by atoms with Gasteiger partial charge in [0.05, 0.1) is 29.8 Å². The number of anilines is 1. The van der Waals surface area contributed by atoms with Crippen LogP contribution in [0.4, 0.5) is 5.69 Å². The normalized spacial score (nSPS) is 21.1. The topological polar surface area (TPSA) is 47.4 Å². The van der Waals surface area contributed by atoms with Gasteiger partial charge in [-0.3, -0.25) is 4.79 Å². The molecular formula is C17H19Cl2N3O2. The maximum absolute atomic E-state index is 12.6. The molecule has 3 rings (SSSR count). The molecule has 5 nitrogen and oxygen atoms in total. The first kappa shape index (κ1) is 17.3. The zero-order valence-electron chi connectivity index (χ0n) is 13.6. The van der Waals surface area contributed by atoms with Crippen LogP contribution in [0, 0.1) is 0 Å². The van der Waals surface area contributed by atoms with Crippen LogP contribution in [0.25, 0.3) is 5.69 Å². The maximum atomic E-state index is 12.6. The van der Waals surface area contributed by atoms with Crippen LogP contribution >= 0.6 is 23.2 Å². The highest BCUT2D eigenvalue weighted by atomic mass is 35.5. The van der Waals surface area contributed by atoms with E-state index in [0.717, 1.165) is 6.42 Å². The van der Waals surface area contributed by atoms with Crippen molar-refractivity contribution in [1.29, 1.82) is 0 Å². The highest BCUT2D eigenvalue weighted by molar-refractivity contribution is 6.33. The average molecular weight is 368 g/mol. The summed E-state index contributed by atoms with van der Waals surface area (Å²) in [7, 11) is 0. The predicted octanol–water partition coefficient (Wildman–Crippen LogP) is 3.54.